The zero-order valence-electron chi connectivity index (χ0n) is 12.2. The molecule has 0 N–H and O–H groups in total. The lowest BCUT2D eigenvalue weighted by atomic mass is 10.2. The molecule has 2 heterocycles. The maximum Gasteiger partial charge on any atom is 0.233 e. The predicted octanol–water partition coefficient (Wildman–Crippen LogP) is 5.00. The van der Waals surface area contributed by atoms with Gasteiger partial charge in [-0.1, -0.05) is 35.9 Å². The maximum atomic E-state index is 12.5. The first-order chi connectivity index (χ1) is 10.8. The fourth-order valence-corrected chi connectivity index (χ4v) is 4.86. The van der Waals surface area contributed by atoms with Gasteiger partial charge in [0.2, 0.25) is 5.91 Å². The van der Waals surface area contributed by atoms with Crippen LogP contribution >= 0.6 is 34.7 Å². The van der Waals surface area contributed by atoms with Crippen molar-refractivity contribution in [2.45, 2.75) is 24.6 Å². The zero-order chi connectivity index (χ0) is 15.4. The highest BCUT2D eigenvalue weighted by Gasteiger charge is 2.30. The van der Waals surface area contributed by atoms with E-state index in [-0.39, 0.29) is 11.9 Å². The molecule has 3 rings (SSSR count). The van der Waals surface area contributed by atoms with Gasteiger partial charge in [0.05, 0.1) is 11.8 Å². The fraction of sp³-hybridized carbons (Fsp3) is 0.353. The Morgan fingerprint density at radius 1 is 1.32 bits per heavy atom. The normalized spacial score (nSPS) is 17.9. The molecule has 116 valence electrons. The smallest absolute Gasteiger partial charge is 0.233 e. The lowest BCUT2D eigenvalue weighted by Gasteiger charge is -2.23. The Morgan fingerprint density at radius 3 is 2.95 bits per heavy atom. The van der Waals surface area contributed by atoms with Crippen LogP contribution in [0.25, 0.3) is 0 Å². The molecule has 22 heavy (non-hydrogen) atoms. The van der Waals surface area contributed by atoms with Crippen LogP contribution in [-0.4, -0.2) is 23.1 Å². The van der Waals surface area contributed by atoms with Gasteiger partial charge in [0, 0.05) is 22.2 Å². The molecule has 2 nitrogen and oxygen atoms in total. The van der Waals surface area contributed by atoms with E-state index >= 15 is 0 Å². The van der Waals surface area contributed by atoms with Crippen LogP contribution in [0.2, 0.25) is 5.02 Å². The molecule has 0 spiro atoms. The van der Waals surface area contributed by atoms with Gasteiger partial charge in [-0.05, 0) is 35.9 Å². The number of amides is 1. The molecular weight excluding hydrogens is 334 g/mol. The summed E-state index contributed by atoms with van der Waals surface area (Å²) < 4.78 is 0. The maximum absolute atomic E-state index is 12.5. The van der Waals surface area contributed by atoms with E-state index in [9.17, 15) is 4.79 Å². The molecular formula is C17H18ClNOS2. The molecule has 2 aromatic rings. The highest BCUT2D eigenvalue weighted by Crippen LogP contribution is 2.35. The number of hydrogen-bond acceptors (Lipinski definition) is 3. The topological polar surface area (TPSA) is 20.3 Å². The van der Waals surface area contributed by atoms with Crippen molar-refractivity contribution in [1.29, 1.82) is 0 Å². The first-order valence-corrected chi connectivity index (χ1v) is 9.81. The first kappa shape index (κ1) is 15.9. The van der Waals surface area contributed by atoms with Gasteiger partial charge >= 0.3 is 0 Å². The van der Waals surface area contributed by atoms with Crippen LogP contribution in [0.4, 0.5) is 0 Å². The molecule has 1 amide bonds. The molecule has 5 heteroatoms. The van der Waals surface area contributed by atoms with E-state index in [0.29, 0.717) is 5.75 Å². The summed E-state index contributed by atoms with van der Waals surface area (Å²) in [5, 5.41) is 2.86. The number of nitrogens with zero attached hydrogens (tertiary/aromatic N) is 1. The largest absolute Gasteiger partial charge is 0.334 e. The Hall–Kier alpha value is -0.970. The molecule has 0 bridgehead atoms. The standard InChI is InChI=1S/C17H18ClNOS2/c18-14-6-2-1-5-13(14)11-21-12-17(20)19-9-3-7-15(19)16-8-4-10-22-16/h1-2,4-6,8,10,15H,3,7,9,11-12H2. The van der Waals surface area contributed by atoms with Gasteiger partial charge in [-0.3, -0.25) is 4.79 Å². The molecule has 1 saturated heterocycles. The van der Waals surface area contributed by atoms with Crippen LogP contribution in [0.3, 0.4) is 0 Å². The number of thioether (sulfide) groups is 1. The summed E-state index contributed by atoms with van der Waals surface area (Å²) in [6, 6.07) is 12.3. The number of likely N-dealkylation sites (tertiary alicyclic amines) is 1. The minimum Gasteiger partial charge on any atom is -0.334 e. The summed E-state index contributed by atoms with van der Waals surface area (Å²) >= 11 is 9.54. The van der Waals surface area contributed by atoms with Crippen molar-refractivity contribution in [2.24, 2.45) is 0 Å². The number of carbonyl (C=O) groups excluding carboxylic acids is 1. The number of halogens is 1. The Labute approximate surface area is 144 Å². The van der Waals surface area contributed by atoms with E-state index in [0.717, 1.165) is 35.7 Å². The highest BCUT2D eigenvalue weighted by molar-refractivity contribution is 7.99. The summed E-state index contributed by atoms with van der Waals surface area (Å²) in [5.74, 6) is 1.55. The second-order valence-electron chi connectivity index (χ2n) is 5.34. The Balaban J connectivity index is 1.54. The van der Waals surface area contributed by atoms with E-state index in [4.69, 9.17) is 11.6 Å². The molecule has 1 aromatic heterocycles. The summed E-state index contributed by atoms with van der Waals surface area (Å²) in [7, 11) is 0. The van der Waals surface area contributed by atoms with Gasteiger partial charge in [0.1, 0.15) is 0 Å². The average molecular weight is 352 g/mol. The molecule has 0 radical (unpaired) electrons. The van der Waals surface area contributed by atoms with Crippen LogP contribution in [0.5, 0.6) is 0 Å². The van der Waals surface area contributed by atoms with E-state index in [1.165, 1.54) is 4.88 Å². The molecule has 0 saturated carbocycles. The monoisotopic (exact) mass is 351 g/mol. The summed E-state index contributed by atoms with van der Waals surface area (Å²) in [6.07, 6.45) is 2.19. The predicted molar refractivity (Wildman–Crippen MR) is 95.6 cm³/mol. The van der Waals surface area contributed by atoms with Crippen LogP contribution in [0, 0.1) is 0 Å². The molecule has 1 atom stereocenters. The van der Waals surface area contributed by atoms with Crippen LogP contribution in [0.1, 0.15) is 29.3 Å². The van der Waals surface area contributed by atoms with E-state index < -0.39 is 0 Å². The van der Waals surface area contributed by atoms with Crippen molar-refractivity contribution in [3.05, 3.63) is 57.2 Å². The van der Waals surface area contributed by atoms with Crippen LogP contribution in [-0.2, 0) is 10.5 Å². The van der Waals surface area contributed by atoms with Crippen LogP contribution in [0.15, 0.2) is 41.8 Å². The minimum atomic E-state index is 0.243. The van der Waals surface area contributed by atoms with Gasteiger partial charge in [0.15, 0.2) is 0 Å². The summed E-state index contributed by atoms with van der Waals surface area (Å²) in [5.41, 5.74) is 1.10. The summed E-state index contributed by atoms with van der Waals surface area (Å²) in [6.45, 7) is 0.883. The average Bonchev–Trinajstić information content (AvgIpc) is 3.19. The number of thiophene rings is 1. The molecule has 0 aliphatic carbocycles. The zero-order valence-corrected chi connectivity index (χ0v) is 14.6. The Bertz CT molecular complexity index is 629. The first-order valence-electron chi connectivity index (χ1n) is 7.40. The third-order valence-corrected chi connectivity index (χ3v) is 6.19. The van der Waals surface area contributed by atoms with Crippen LogP contribution < -0.4 is 0 Å². The third-order valence-electron chi connectivity index (χ3n) is 3.89. The van der Waals surface area contributed by atoms with Crippen molar-refractivity contribution in [3.63, 3.8) is 0 Å². The molecule has 1 fully saturated rings. The minimum absolute atomic E-state index is 0.243. The van der Waals surface area contributed by atoms with E-state index in [1.54, 1.807) is 23.1 Å². The van der Waals surface area contributed by atoms with Gasteiger partial charge in [-0.2, -0.15) is 0 Å². The van der Waals surface area contributed by atoms with Crippen molar-refractivity contribution in [2.75, 3.05) is 12.3 Å². The van der Waals surface area contributed by atoms with Crippen molar-refractivity contribution in [1.82, 2.24) is 4.90 Å². The molecule has 1 aliphatic heterocycles. The van der Waals surface area contributed by atoms with Crippen molar-refractivity contribution >= 4 is 40.6 Å². The van der Waals surface area contributed by atoms with Gasteiger partial charge in [0.25, 0.3) is 0 Å². The lowest BCUT2D eigenvalue weighted by molar-refractivity contribution is -0.129. The molecule has 1 aliphatic rings. The Morgan fingerprint density at radius 2 is 2.18 bits per heavy atom. The fourth-order valence-electron chi connectivity index (χ4n) is 2.79. The van der Waals surface area contributed by atoms with Gasteiger partial charge in [-0.25, -0.2) is 0 Å². The van der Waals surface area contributed by atoms with Gasteiger partial charge < -0.3 is 4.90 Å². The summed E-state index contributed by atoms with van der Waals surface area (Å²) in [4.78, 5) is 15.9. The lowest BCUT2D eigenvalue weighted by Crippen LogP contribution is -2.31. The van der Waals surface area contributed by atoms with Gasteiger partial charge in [-0.15, -0.1) is 23.1 Å². The second-order valence-corrected chi connectivity index (χ2v) is 7.72. The SMILES string of the molecule is O=C(CSCc1ccccc1Cl)N1CCCC1c1cccs1. The number of hydrogen-bond donors (Lipinski definition) is 0. The number of rotatable bonds is 5. The highest BCUT2D eigenvalue weighted by atomic mass is 35.5. The third kappa shape index (κ3) is 3.67. The van der Waals surface area contributed by atoms with E-state index in [1.807, 2.05) is 29.2 Å². The molecule has 1 unspecified atom stereocenters. The van der Waals surface area contributed by atoms with Crippen molar-refractivity contribution < 1.29 is 4.79 Å². The van der Waals surface area contributed by atoms with E-state index in [2.05, 4.69) is 17.5 Å². The number of carbonyl (C=O) groups is 1. The Kier molecular flexibility index (Phi) is 5.45. The van der Waals surface area contributed by atoms with Crippen molar-refractivity contribution in [3.8, 4) is 0 Å². The molecule has 1 aromatic carbocycles. The number of benzene rings is 1. The second kappa shape index (κ2) is 7.53. The quantitative estimate of drug-likeness (QED) is 0.755.